The molecule has 1 saturated carbocycles. The molecule has 14 heteroatoms. The maximum Gasteiger partial charge on any atom is 0.293 e. The minimum atomic E-state index is -1.02. The zero-order valence-electron chi connectivity index (χ0n) is 37.5. The number of ether oxygens (including phenoxy) is 2. The first-order chi connectivity index (χ1) is 29.6. The summed E-state index contributed by atoms with van der Waals surface area (Å²) in [5.74, 6) is -1.34. The Morgan fingerprint density at radius 2 is 1.84 bits per heavy atom. The van der Waals surface area contributed by atoms with Gasteiger partial charge < -0.3 is 34.5 Å². The van der Waals surface area contributed by atoms with Crippen molar-refractivity contribution >= 4 is 35.1 Å². The van der Waals surface area contributed by atoms with Crippen LogP contribution < -0.4 is 10.7 Å². The fourth-order valence-corrected chi connectivity index (χ4v) is 8.99. The monoisotopic (exact) mass is 852 g/mol. The largest absolute Gasteiger partial charge is 0.508 e. The summed E-state index contributed by atoms with van der Waals surface area (Å²) in [7, 11) is 3.25. The second kappa shape index (κ2) is 19.4. The maximum atomic E-state index is 14.2. The Balaban J connectivity index is 1.41. The van der Waals surface area contributed by atoms with Gasteiger partial charge in [-0.15, -0.1) is 0 Å². The highest BCUT2D eigenvalue weighted by atomic mass is 16.5. The van der Waals surface area contributed by atoms with Crippen molar-refractivity contribution in [2.75, 3.05) is 40.5 Å². The quantitative estimate of drug-likeness (QED) is 0.0825. The lowest BCUT2D eigenvalue weighted by Gasteiger charge is -2.35. The molecule has 2 aromatic heterocycles. The number of carbonyl (C=O) groups excluding carboxylic acids is 4. The number of methoxy groups -OCH3 is 1. The Labute approximate surface area is 364 Å². The molecular weight excluding hydrogens is 789 g/mol. The molecule has 4 aromatic rings. The number of fused-ring (bicyclic) bond motifs is 1. The second-order valence-corrected chi connectivity index (χ2v) is 18.2. The van der Waals surface area contributed by atoms with Crippen molar-refractivity contribution in [3.8, 4) is 28.1 Å². The smallest absolute Gasteiger partial charge is 0.293 e. The van der Waals surface area contributed by atoms with Crippen molar-refractivity contribution in [3.05, 3.63) is 71.5 Å². The Hall–Kier alpha value is -5.31. The van der Waals surface area contributed by atoms with Crippen molar-refractivity contribution in [1.29, 1.82) is 0 Å². The van der Waals surface area contributed by atoms with Gasteiger partial charge in [0.2, 0.25) is 11.8 Å². The van der Waals surface area contributed by atoms with Crippen LogP contribution in [-0.2, 0) is 48.0 Å². The van der Waals surface area contributed by atoms with E-state index >= 15 is 0 Å². The summed E-state index contributed by atoms with van der Waals surface area (Å²) in [5, 5.41) is 26.8. The first kappa shape index (κ1) is 46.2. The Morgan fingerprint density at radius 1 is 1.08 bits per heavy atom. The summed E-state index contributed by atoms with van der Waals surface area (Å²) < 4.78 is 13.4. The zero-order chi connectivity index (χ0) is 44.9. The highest BCUT2D eigenvalue weighted by Crippen LogP contribution is 2.47. The molecule has 2 aromatic carbocycles. The Morgan fingerprint density at radius 3 is 2.47 bits per heavy atom. The van der Waals surface area contributed by atoms with Crippen molar-refractivity contribution in [3.63, 3.8) is 0 Å². The minimum absolute atomic E-state index is 0.00285. The molecule has 1 aliphatic carbocycles. The number of benzene rings is 2. The number of aromatic nitrogens is 2. The normalized spacial score (nSPS) is 16.5. The molecule has 2 aliphatic rings. The molecule has 3 atom stereocenters. The van der Waals surface area contributed by atoms with Gasteiger partial charge >= 0.3 is 0 Å². The van der Waals surface area contributed by atoms with E-state index in [9.17, 15) is 29.4 Å². The number of nitrogens with one attached hydrogen (secondary N) is 2. The number of aryl methyl sites for hydroxylation is 1. The molecular formula is C48H64N6O8. The highest BCUT2D eigenvalue weighted by Gasteiger charge is 2.52. The highest BCUT2D eigenvalue weighted by molar-refractivity contribution is 5.96. The Kier molecular flexibility index (Phi) is 14.4. The fraction of sp³-hybridized carbons (Fsp3) is 0.521. The zero-order valence-corrected chi connectivity index (χ0v) is 37.5. The number of rotatable bonds is 19. The lowest BCUT2D eigenvalue weighted by atomic mass is 9.84. The molecule has 2 fully saturated rings. The van der Waals surface area contributed by atoms with Crippen molar-refractivity contribution in [2.24, 2.45) is 16.7 Å². The van der Waals surface area contributed by atoms with E-state index in [1.165, 1.54) is 4.90 Å². The number of pyridine rings is 1. The van der Waals surface area contributed by atoms with E-state index in [0.29, 0.717) is 50.9 Å². The molecule has 1 saturated heterocycles. The van der Waals surface area contributed by atoms with Gasteiger partial charge in [-0.1, -0.05) is 39.8 Å². The Bertz CT molecular complexity index is 2260. The van der Waals surface area contributed by atoms with Crippen LogP contribution in [0.4, 0.5) is 0 Å². The van der Waals surface area contributed by atoms with Crippen LogP contribution in [0, 0.1) is 16.7 Å². The molecule has 14 nitrogen and oxygen atoms in total. The molecule has 62 heavy (non-hydrogen) atoms. The van der Waals surface area contributed by atoms with Gasteiger partial charge in [0.25, 0.3) is 12.4 Å². The molecule has 0 bridgehead atoms. The number of aliphatic hydroxyl groups is 1. The fourth-order valence-electron chi connectivity index (χ4n) is 8.99. The number of hydrogen-bond acceptors (Lipinski definition) is 10. The van der Waals surface area contributed by atoms with Crippen LogP contribution in [0.2, 0.25) is 0 Å². The van der Waals surface area contributed by atoms with Crippen LogP contribution in [0.5, 0.6) is 5.75 Å². The van der Waals surface area contributed by atoms with Crippen molar-refractivity contribution < 1.29 is 38.9 Å². The van der Waals surface area contributed by atoms with Gasteiger partial charge in [0.15, 0.2) is 0 Å². The van der Waals surface area contributed by atoms with E-state index in [4.69, 9.17) is 14.5 Å². The van der Waals surface area contributed by atoms with Crippen LogP contribution in [0.15, 0.2) is 54.7 Å². The van der Waals surface area contributed by atoms with Crippen LogP contribution in [0.1, 0.15) is 90.2 Å². The number of hydrazine groups is 1. The van der Waals surface area contributed by atoms with E-state index in [2.05, 4.69) is 54.3 Å². The molecule has 3 amide bonds. The third kappa shape index (κ3) is 9.82. The SMILES string of the molecule is CCn1c(-c2cccnc2C(C)OC)c(CC(C)(C)COC=O)c2cc(-c3cc(O)cc(CC(NC(=O)C(C(C)C)N(C)C(=O)C4(CO)CC4)C(=O)N4CCCCN4)c3)ccc21. The molecule has 3 heterocycles. The lowest BCUT2D eigenvalue weighted by Crippen LogP contribution is -2.60. The number of amides is 3. The number of nitrogens with zero attached hydrogens (tertiary/aromatic N) is 4. The molecule has 0 radical (unpaired) electrons. The van der Waals surface area contributed by atoms with Crippen molar-refractivity contribution in [1.82, 2.24) is 30.2 Å². The first-order valence-electron chi connectivity index (χ1n) is 21.8. The van der Waals surface area contributed by atoms with E-state index in [1.807, 2.05) is 39.0 Å². The lowest BCUT2D eigenvalue weighted by molar-refractivity contribution is -0.147. The topological polar surface area (TPSA) is 176 Å². The number of aromatic hydroxyl groups is 1. The second-order valence-electron chi connectivity index (χ2n) is 18.2. The molecule has 0 spiro atoms. The average molecular weight is 853 g/mol. The predicted molar refractivity (Wildman–Crippen MR) is 238 cm³/mol. The summed E-state index contributed by atoms with van der Waals surface area (Å²) in [4.78, 5) is 59.4. The summed E-state index contributed by atoms with van der Waals surface area (Å²) in [5.41, 5.74) is 8.87. The number of likely N-dealkylation sites (N-methyl/N-ethyl adjacent to an activating group) is 1. The molecule has 1 aliphatic heterocycles. The van der Waals surface area contributed by atoms with Crippen LogP contribution in [0.3, 0.4) is 0 Å². The van der Waals surface area contributed by atoms with E-state index in [1.54, 1.807) is 37.5 Å². The molecule has 334 valence electrons. The van der Waals surface area contributed by atoms with Crippen molar-refractivity contribution in [2.45, 2.75) is 105 Å². The van der Waals surface area contributed by atoms with Gasteiger partial charge in [0, 0.05) is 68.3 Å². The summed E-state index contributed by atoms with van der Waals surface area (Å²) >= 11 is 0. The van der Waals surface area contributed by atoms with Crippen LogP contribution >= 0.6 is 0 Å². The summed E-state index contributed by atoms with van der Waals surface area (Å²) in [6, 6.07) is 13.5. The van der Waals surface area contributed by atoms with E-state index in [0.717, 1.165) is 57.4 Å². The van der Waals surface area contributed by atoms with Gasteiger partial charge in [-0.2, -0.15) is 0 Å². The van der Waals surface area contributed by atoms with Gasteiger partial charge in [0.1, 0.15) is 17.8 Å². The summed E-state index contributed by atoms with van der Waals surface area (Å²) in [6.07, 6.45) is 4.99. The number of hydrogen-bond donors (Lipinski definition) is 4. The van der Waals surface area contributed by atoms with Crippen LogP contribution in [-0.4, -0.2) is 106 Å². The molecule has 3 unspecified atom stereocenters. The third-order valence-electron chi connectivity index (χ3n) is 12.5. The first-order valence-corrected chi connectivity index (χ1v) is 21.8. The van der Waals surface area contributed by atoms with E-state index in [-0.39, 0.29) is 49.2 Å². The molecule has 4 N–H and O–H groups in total. The standard InChI is InChI=1S/C48H64N6O8/c1-9-53-40-15-14-33(25-37(40)38(26-47(5,6)28-62-29-56)43(53)36-13-12-18-49-41(36)31(4)61-8)34-21-32(22-35(57)24-34)23-39(45(59)54-20-11-10-19-50-54)51-44(58)42(30(2)3)52(7)46(60)48(27-55)16-17-48/h12-15,18,21-22,24-25,29-31,39,42,50,55,57H,9-11,16-17,19-20,23,26-28H2,1-8H3,(H,51,58). The third-order valence-corrected chi connectivity index (χ3v) is 12.5. The van der Waals surface area contributed by atoms with Gasteiger partial charge in [0.05, 0.1) is 36.1 Å². The number of phenols is 1. The van der Waals surface area contributed by atoms with Gasteiger partial charge in [-0.3, -0.25) is 29.2 Å². The minimum Gasteiger partial charge on any atom is -0.508 e. The van der Waals surface area contributed by atoms with Gasteiger partial charge in [-0.25, -0.2) is 5.43 Å². The van der Waals surface area contributed by atoms with Gasteiger partial charge in [-0.05, 0) is 111 Å². The predicted octanol–water partition coefficient (Wildman–Crippen LogP) is 5.95. The number of phenolic OH excluding ortho intramolecular Hbond substituents is 1. The molecule has 6 rings (SSSR count). The average Bonchev–Trinajstić information content (AvgIpc) is 4.01. The number of carbonyl (C=O) groups is 4. The summed E-state index contributed by atoms with van der Waals surface area (Å²) in [6.45, 7) is 14.1. The number of aliphatic hydroxyl groups excluding tert-OH is 1. The van der Waals surface area contributed by atoms with Crippen LogP contribution in [0.25, 0.3) is 33.3 Å². The maximum absolute atomic E-state index is 14.2. The van der Waals surface area contributed by atoms with E-state index < -0.39 is 28.8 Å².